The van der Waals surface area contributed by atoms with Gasteiger partial charge in [0.05, 0.1) is 5.52 Å². The molecule has 158 valence electrons. The summed E-state index contributed by atoms with van der Waals surface area (Å²) in [6.45, 7) is 0.0141. The van der Waals surface area contributed by atoms with Crippen molar-refractivity contribution in [2.75, 3.05) is 0 Å². The van der Waals surface area contributed by atoms with Crippen LogP contribution in [0.3, 0.4) is 0 Å². The lowest BCUT2D eigenvalue weighted by Gasteiger charge is -2.13. The van der Waals surface area contributed by atoms with Crippen molar-refractivity contribution in [1.29, 1.82) is 0 Å². The molecule has 0 atom stereocenters. The van der Waals surface area contributed by atoms with Gasteiger partial charge >= 0.3 is 5.69 Å². The predicted molar refractivity (Wildman–Crippen MR) is 121 cm³/mol. The molecule has 0 bridgehead atoms. The number of nitrogens with one attached hydrogen (secondary N) is 1. The minimum atomic E-state index is -0.547. The van der Waals surface area contributed by atoms with Crippen LogP contribution in [-0.2, 0) is 32.0 Å². The Balaban J connectivity index is 1.78. The van der Waals surface area contributed by atoms with E-state index < -0.39 is 11.2 Å². The molecule has 1 N–H and O–H groups in total. The second kappa shape index (κ2) is 8.28. The Morgan fingerprint density at radius 3 is 2.35 bits per heavy atom. The molecular formula is C23H21ClN4O3. The number of rotatable bonds is 5. The summed E-state index contributed by atoms with van der Waals surface area (Å²) >= 11 is 6.15. The van der Waals surface area contributed by atoms with Crippen LogP contribution in [0.25, 0.3) is 22.2 Å². The van der Waals surface area contributed by atoms with Gasteiger partial charge in [0, 0.05) is 37.4 Å². The quantitative estimate of drug-likeness (QED) is 0.522. The first-order valence-electron chi connectivity index (χ1n) is 9.73. The van der Waals surface area contributed by atoms with Crippen molar-refractivity contribution in [1.82, 2.24) is 19.0 Å². The molecule has 2 aromatic carbocycles. The topological polar surface area (TPSA) is 78.0 Å². The van der Waals surface area contributed by atoms with E-state index in [1.165, 1.54) is 11.6 Å². The highest BCUT2D eigenvalue weighted by atomic mass is 35.5. The van der Waals surface area contributed by atoms with Crippen LogP contribution in [-0.4, -0.2) is 19.6 Å². The molecular weight excluding hydrogens is 416 g/mol. The van der Waals surface area contributed by atoms with Crippen LogP contribution in [0.15, 0.2) is 70.4 Å². The highest BCUT2D eigenvalue weighted by molar-refractivity contribution is 6.31. The van der Waals surface area contributed by atoms with Crippen LogP contribution < -0.4 is 16.6 Å². The Bertz CT molecular complexity index is 1400. The van der Waals surface area contributed by atoms with Gasteiger partial charge in [-0.3, -0.25) is 18.7 Å². The predicted octanol–water partition coefficient (Wildman–Crippen LogP) is 2.68. The number of aromatic nitrogens is 3. The van der Waals surface area contributed by atoms with Crippen molar-refractivity contribution in [2.45, 2.75) is 13.1 Å². The lowest BCUT2D eigenvalue weighted by Crippen LogP contribution is -2.41. The highest BCUT2D eigenvalue weighted by Gasteiger charge is 2.20. The maximum Gasteiger partial charge on any atom is 0.331 e. The van der Waals surface area contributed by atoms with Crippen LogP contribution in [0.4, 0.5) is 0 Å². The van der Waals surface area contributed by atoms with Crippen molar-refractivity contribution in [3.8, 4) is 11.1 Å². The van der Waals surface area contributed by atoms with Crippen molar-refractivity contribution < 1.29 is 4.79 Å². The summed E-state index contributed by atoms with van der Waals surface area (Å²) < 4.78 is 4.07. The van der Waals surface area contributed by atoms with E-state index in [4.69, 9.17) is 11.6 Å². The van der Waals surface area contributed by atoms with E-state index in [2.05, 4.69) is 5.32 Å². The summed E-state index contributed by atoms with van der Waals surface area (Å²) in [6.07, 6.45) is 1.80. The van der Waals surface area contributed by atoms with Crippen molar-refractivity contribution in [2.24, 2.45) is 14.1 Å². The molecule has 8 heteroatoms. The maximum atomic E-state index is 13.0. The largest absolute Gasteiger partial charge is 0.350 e. The number of benzene rings is 2. The van der Waals surface area contributed by atoms with Crippen molar-refractivity contribution >= 4 is 28.5 Å². The fourth-order valence-corrected chi connectivity index (χ4v) is 3.88. The average Bonchev–Trinajstić information content (AvgIpc) is 3.12. The Morgan fingerprint density at radius 1 is 0.968 bits per heavy atom. The standard InChI is InChI=1S/C23H21ClN4O3/c1-26-13-17(15-8-4-3-5-9-15)20-21(26)22(30)27(2)23(31)28(20)14-19(29)25-12-16-10-6-7-11-18(16)24/h3-11,13H,12,14H2,1-2H3,(H,25,29). The summed E-state index contributed by atoms with van der Waals surface area (Å²) in [5.74, 6) is -0.357. The first kappa shape index (κ1) is 20.7. The highest BCUT2D eigenvalue weighted by Crippen LogP contribution is 2.27. The van der Waals surface area contributed by atoms with Gasteiger partial charge in [0.25, 0.3) is 5.56 Å². The number of hydrogen-bond donors (Lipinski definition) is 1. The second-order valence-corrected chi connectivity index (χ2v) is 7.73. The minimum Gasteiger partial charge on any atom is -0.350 e. The van der Waals surface area contributed by atoms with Gasteiger partial charge in [0.2, 0.25) is 5.91 Å². The maximum absolute atomic E-state index is 13.0. The van der Waals surface area contributed by atoms with Gasteiger partial charge in [-0.1, -0.05) is 60.1 Å². The fraction of sp³-hybridized carbons (Fsp3) is 0.174. The molecule has 0 saturated heterocycles. The third-order valence-electron chi connectivity index (χ3n) is 5.27. The molecule has 0 aliphatic heterocycles. The van der Waals surface area contributed by atoms with Gasteiger partial charge < -0.3 is 9.88 Å². The number of halogens is 1. The first-order valence-corrected chi connectivity index (χ1v) is 10.1. The van der Waals surface area contributed by atoms with Gasteiger partial charge in [-0.2, -0.15) is 0 Å². The van der Waals surface area contributed by atoms with Crippen LogP contribution >= 0.6 is 11.6 Å². The van der Waals surface area contributed by atoms with E-state index in [0.29, 0.717) is 21.6 Å². The van der Waals surface area contributed by atoms with Crippen LogP contribution in [0.1, 0.15) is 5.56 Å². The molecule has 0 radical (unpaired) electrons. The van der Waals surface area contributed by atoms with Gasteiger partial charge in [0.1, 0.15) is 12.1 Å². The number of carbonyl (C=O) groups is 1. The van der Waals surface area contributed by atoms with Gasteiger partial charge in [0.15, 0.2) is 0 Å². The summed E-state index contributed by atoms with van der Waals surface area (Å²) in [4.78, 5) is 38.5. The SMILES string of the molecule is Cn1c(=O)c2c(c(-c3ccccc3)cn2C)n(CC(=O)NCc2ccccc2Cl)c1=O. The second-order valence-electron chi connectivity index (χ2n) is 7.32. The molecule has 0 unspecified atom stereocenters. The van der Waals surface area contributed by atoms with Crippen LogP contribution in [0.2, 0.25) is 5.02 Å². The Labute approximate surface area is 183 Å². The third-order valence-corrected chi connectivity index (χ3v) is 5.64. The minimum absolute atomic E-state index is 0.224. The van der Waals surface area contributed by atoms with Crippen LogP contribution in [0.5, 0.6) is 0 Å². The molecule has 31 heavy (non-hydrogen) atoms. The third kappa shape index (κ3) is 3.80. The Kier molecular flexibility index (Phi) is 5.52. The fourth-order valence-electron chi connectivity index (χ4n) is 3.67. The lowest BCUT2D eigenvalue weighted by molar-refractivity contribution is -0.121. The number of carbonyl (C=O) groups excluding carboxylic acids is 1. The zero-order chi connectivity index (χ0) is 22.1. The molecule has 0 saturated carbocycles. The van der Waals surface area contributed by atoms with Crippen molar-refractivity contribution in [3.63, 3.8) is 0 Å². The molecule has 1 amide bonds. The zero-order valence-corrected chi connectivity index (χ0v) is 17.9. The van der Waals surface area contributed by atoms with E-state index in [-0.39, 0.29) is 19.0 Å². The molecule has 4 rings (SSSR count). The molecule has 4 aromatic rings. The normalized spacial score (nSPS) is 11.1. The number of aryl methyl sites for hydroxylation is 1. The summed E-state index contributed by atoms with van der Waals surface area (Å²) in [6, 6.07) is 16.7. The molecule has 0 aliphatic carbocycles. The number of nitrogens with zero attached hydrogens (tertiary/aromatic N) is 3. The van der Waals surface area contributed by atoms with E-state index in [1.54, 1.807) is 23.9 Å². The van der Waals surface area contributed by atoms with Gasteiger partial charge in [-0.15, -0.1) is 0 Å². The number of hydrogen-bond acceptors (Lipinski definition) is 3. The molecule has 2 aromatic heterocycles. The molecule has 2 heterocycles. The summed E-state index contributed by atoms with van der Waals surface area (Å²) in [5.41, 5.74) is 2.19. The lowest BCUT2D eigenvalue weighted by atomic mass is 10.1. The zero-order valence-electron chi connectivity index (χ0n) is 17.1. The van der Waals surface area contributed by atoms with E-state index in [9.17, 15) is 14.4 Å². The monoisotopic (exact) mass is 436 g/mol. The van der Waals surface area contributed by atoms with E-state index in [0.717, 1.165) is 15.7 Å². The first-order chi connectivity index (χ1) is 14.9. The summed E-state index contributed by atoms with van der Waals surface area (Å²) in [7, 11) is 3.17. The van der Waals surface area contributed by atoms with Gasteiger partial charge in [-0.25, -0.2) is 4.79 Å². The van der Waals surface area contributed by atoms with Crippen LogP contribution in [0, 0.1) is 0 Å². The van der Waals surface area contributed by atoms with Crippen molar-refractivity contribution in [3.05, 3.63) is 92.2 Å². The molecule has 0 aliphatic rings. The molecule has 7 nitrogen and oxygen atoms in total. The smallest absolute Gasteiger partial charge is 0.331 e. The number of fused-ring (bicyclic) bond motifs is 1. The average molecular weight is 437 g/mol. The molecule has 0 fully saturated rings. The Hall–Kier alpha value is -3.58. The molecule has 0 spiro atoms. The van der Waals surface area contributed by atoms with Gasteiger partial charge in [-0.05, 0) is 17.2 Å². The van der Waals surface area contributed by atoms with E-state index >= 15 is 0 Å². The number of amides is 1. The Morgan fingerprint density at radius 2 is 1.65 bits per heavy atom. The summed E-state index contributed by atoms with van der Waals surface area (Å²) in [5, 5.41) is 3.36. The van der Waals surface area contributed by atoms with E-state index in [1.807, 2.05) is 48.5 Å².